The van der Waals surface area contributed by atoms with Crippen molar-refractivity contribution in [1.29, 1.82) is 0 Å². The molecule has 6 aromatic carbocycles. The molecule has 0 bridgehead atoms. The molecule has 19 heteroatoms. The molecule has 1 aromatic heterocycles. The molecular formula is C82H97N4O12Y3-3. The quantitative estimate of drug-likeness (QED) is 0.0713. The maximum Gasteiger partial charge on any atom is 0.166 e. The molecule has 4 aliphatic carbocycles. The van der Waals surface area contributed by atoms with Crippen LogP contribution in [0.25, 0.3) is 0 Å². The molecule has 0 saturated carbocycles. The molecule has 529 valence electrons. The van der Waals surface area contributed by atoms with Crippen molar-refractivity contribution < 1.29 is 157 Å². The third-order valence-corrected chi connectivity index (χ3v) is 20.7. The van der Waals surface area contributed by atoms with Crippen molar-refractivity contribution in [3.8, 4) is 46.0 Å². The van der Waals surface area contributed by atoms with Crippen molar-refractivity contribution in [3.63, 3.8) is 0 Å². The molecule has 1 unspecified atom stereocenters. The Morgan fingerprint density at radius 2 is 0.762 bits per heavy atom. The summed E-state index contributed by atoms with van der Waals surface area (Å²) in [6, 6.07) is 40.3. The smallest absolute Gasteiger partial charge is 0.166 e. The average Bonchev–Trinajstić information content (AvgIpc) is 1.66. The summed E-state index contributed by atoms with van der Waals surface area (Å²) in [6.07, 6.45) is 17.0. The number of nitrogens with one attached hydrogen (secondary N) is 1. The van der Waals surface area contributed by atoms with Crippen LogP contribution in [0.3, 0.4) is 0 Å². The number of aromatic nitrogens is 1. The number of methoxy groups -OCH3 is 8. The summed E-state index contributed by atoms with van der Waals surface area (Å²) >= 11 is 0. The summed E-state index contributed by atoms with van der Waals surface area (Å²) in [6.45, 7) is 8.64. The van der Waals surface area contributed by atoms with Crippen LogP contribution in [0, 0.1) is 41.4 Å². The minimum Gasteiger partial charge on any atom is -0.494 e. The van der Waals surface area contributed by atoms with Crippen LogP contribution in [0.15, 0.2) is 134 Å². The first-order chi connectivity index (χ1) is 47.8. The summed E-state index contributed by atoms with van der Waals surface area (Å²) < 4.78 is 42.7. The van der Waals surface area contributed by atoms with Crippen molar-refractivity contribution in [2.45, 2.75) is 103 Å². The minimum atomic E-state index is 0. The molecule has 0 spiro atoms. The van der Waals surface area contributed by atoms with E-state index >= 15 is 0 Å². The van der Waals surface area contributed by atoms with Gasteiger partial charge >= 0.3 is 0 Å². The molecule has 3 aliphatic heterocycles. The van der Waals surface area contributed by atoms with Crippen LogP contribution >= 0.6 is 0 Å². The number of benzene rings is 6. The van der Waals surface area contributed by atoms with Crippen LogP contribution in [-0.2, 0) is 143 Å². The second-order valence-corrected chi connectivity index (χ2v) is 26.8. The van der Waals surface area contributed by atoms with Crippen LogP contribution in [0.2, 0.25) is 0 Å². The molecule has 3 fully saturated rings. The number of nitrogens with zero attached hydrogens (tertiary/aromatic N) is 3. The number of hydrogen-bond donors (Lipinski definition) is 1. The van der Waals surface area contributed by atoms with Crippen molar-refractivity contribution in [2.24, 2.45) is 23.7 Å². The third-order valence-electron chi connectivity index (χ3n) is 20.7. The molecule has 101 heavy (non-hydrogen) atoms. The van der Waals surface area contributed by atoms with E-state index in [-0.39, 0.29) is 129 Å². The predicted molar refractivity (Wildman–Crippen MR) is 382 cm³/mol. The monoisotopic (exact) mass is 1600 g/mol. The molecule has 4 heterocycles. The first-order valence-electron chi connectivity index (χ1n) is 34.6. The van der Waals surface area contributed by atoms with E-state index in [1.807, 2.05) is 54.6 Å². The van der Waals surface area contributed by atoms with Crippen molar-refractivity contribution >= 4 is 23.1 Å². The number of ether oxygens (including phenoxy) is 8. The van der Waals surface area contributed by atoms with E-state index in [1.54, 1.807) is 75.3 Å². The Bertz CT molecular complexity index is 3730. The Hall–Kier alpha value is -5.65. The van der Waals surface area contributed by atoms with E-state index in [1.165, 1.54) is 36.8 Å². The minimum absolute atomic E-state index is 0. The molecule has 0 amide bonds. The van der Waals surface area contributed by atoms with Gasteiger partial charge in [0.15, 0.2) is 34.5 Å². The summed E-state index contributed by atoms with van der Waals surface area (Å²) in [7, 11) is 12.9. The molecule has 3 radical (unpaired) electrons. The number of Topliss-reactive ketones (excluding diaryl/α,β-unsaturated/α-hetero) is 4. The zero-order chi connectivity index (χ0) is 68.7. The van der Waals surface area contributed by atoms with Gasteiger partial charge in [0, 0.05) is 154 Å². The van der Waals surface area contributed by atoms with Gasteiger partial charge in [0.25, 0.3) is 0 Å². The van der Waals surface area contributed by atoms with Gasteiger partial charge in [-0.25, -0.2) is 0 Å². The van der Waals surface area contributed by atoms with E-state index < -0.39 is 0 Å². The SMILES string of the molecule is COc1cc2c(cc1OC)C(=O)C(CC1CCN(Cc3ccccc3)CC1)C2.COc1cc2c(cc1OC)C(=O)[C-](CC1CCN(Cc3ccccc3)CC1)C2.COc1cc2c(cc1OC)C(=O)[C-](CC1CCNCC1)C2.COc1cc2c(cc1OC)C(=O)[C-](Cc1ccncc1)C2.[HH].[Y].[Y].[Y]. The molecule has 3 saturated heterocycles. The van der Waals surface area contributed by atoms with Crippen LogP contribution < -0.4 is 43.2 Å². The van der Waals surface area contributed by atoms with Gasteiger partial charge in [0.2, 0.25) is 0 Å². The molecule has 7 aromatic rings. The number of carbonyl (C=O) groups excluding carboxylic acids is 4. The Labute approximate surface area is 674 Å². The van der Waals surface area contributed by atoms with Crippen molar-refractivity contribution in [2.75, 3.05) is 96.1 Å². The largest absolute Gasteiger partial charge is 0.494 e. The number of hydrogen-bond acceptors (Lipinski definition) is 16. The summed E-state index contributed by atoms with van der Waals surface area (Å²) in [5, 5.41) is 3.37. The number of ketones is 4. The van der Waals surface area contributed by atoms with Gasteiger partial charge < -0.3 is 57.6 Å². The standard InChI is InChI=1S/C24H29NO3.C24H28NO3.C17H22NO3.C17H16NO3.3Y.H2/c2*1-27-22-14-19-13-20(24(26)21(19)15-23(22)28-2)12-17-8-10-25(11-9-17)16-18-6-4-3-5-7-18;2*1-20-15-9-12-8-13(7-11-3-5-18-6-4-11)17(19)14(12)10-16(15)21-2;;;;/h3-7,14-15,17,20H,8-13,16H2,1-2H3;3-7,14-15,17H,8-13,16H2,1-2H3;9-11,18H,3-8H2,1-2H3;3-6,9-10H,7-8H2,1-2H3;;;;1H/q;3*-1;;;;. The van der Waals surface area contributed by atoms with Gasteiger partial charge in [0.05, 0.1) is 56.9 Å². The summed E-state index contributed by atoms with van der Waals surface area (Å²) in [4.78, 5) is 60.0. The fraction of sp³-hybridized carbons (Fsp3) is 0.415. The average molecular weight is 1600 g/mol. The maximum absolute atomic E-state index is 12.9. The predicted octanol–water partition coefficient (Wildman–Crippen LogP) is 14.0. The van der Waals surface area contributed by atoms with Crippen molar-refractivity contribution in [1.82, 2.24) is 20.1 Å². The molecule has 14 rings (SSSR count). The van der Waals surface area contributed by atoms with E-state index in [4.69, 9.17) is 37.9 Å². The topological polar surface area (TPSA) is 174 Å². The van der Waals surface area contributed by atoms with Crippen LogP contribution in [0.4, 0.5) is 0 Å². The molecule has 7 aliphatic rings. The summed E-state index contributed by atoms with van der Waals surface area (Å²) in [5.74, 6) is 11.0. The van der Waals surface area contributed by atoms with Gasteiger partial charge in [-0.2, -0.15) is 17.8 Å². The number of carbonyl (C=O) groups is 4. The number of fused-ring (bicyclic) bond motifs is 4. The maximum atomic E-state index is 12.9. The van der Waals surface area contributed by atoms with Crippen molar-refractivity contribution in [3.05, 3.63) is 213 Å². The Morgan fingerprint density at radius 1 is 0.416 bits per heavy atom. The second-order valence-electron chi connectivity index (χ2n) is 26.8. The summed E-state index contributed by atoms with van der Waals surface area (Å²) in [5.41, 5.74) is 11.2. The van der Waals surface area contributed by atoms with E-state index in [2.05, 4.69) is 80.8 Å². The number of piperidine rings is 3. The van der Waals surface area contributed by atoms with Gasteiger partial charge in [-0.1, -0.05) is 135 Å². The fourth-order valence-electron chi connectivity index (χ4n) is 15.2. The Morgan fingerprint density at radius 3 is 1.17 bits per heavy atom. The molecule has 1 N–H and O–H groups in total. The zero-order valence-corrected chi connectivity index (χ0v) is 68.6. The van der Waals surface area contributed by atoms with E-state index in [0.29, 0.717) is 76.6 Å². The molecular weight excluding hydrogens is 1500 g/mol. The zero-order valence-electron chi connectivity index (χ0n) is 60.0. The van der Waals surface area contributed by atoms with Gasteiger partial charge in [0.1, 0.15) is 17.2 Å². The van der Waals surface area contributed by atoms with E-state index in [9.17, 15) is 19.2 Å². The normalized spacial score (nSPS) is 17.1. The fourth-order valence-corrected chi connectivity index (χ4v) is 15.2. The number of pyridine rings is 1. The third kappa shape index (κ3) is 20.5. The van der Waals surface area contributed by atoms with Gasteiger partial charge in [-0.05, 0) is 156 Å². The van der Waals surface area contributed by atoms with E-state index in [0.717, 1.165) is 172 Å². The van der Waals surface area contributed by atoms with Gasteiger partial charge in [-0.15, -0.1) is 33.4 Å². The first kappa shape index (κ1) is 81.0. The first-order valence-corrected chi connectivity index (χ1v) is 34.6. The van der Waals surface area contributed by atoms with Gasteiger partial charge in [-0.3, -0.25) is 19.6 Å². The van der Waals surface area contributed by atoms with Crippen LogP contribution in [0.1, 0.15) is 140 Å². The second kappa shape index (κ2) is 39.5. The van der Waals surface area contributed by atoms with Crippen LogP contribution in [-0.4, -0.2) is 134 Å². The molecule has 1 atom stereocenters. The number of likely N-dealkylation sites (tertiary alicyclic amines) is 2. The number of rotatable bonds is 20. The van der Waals surface area contributed by atoms with Crippen LogP contribution in [0.5, 0.6) is 46.0 Å². The Kier molecular flexibility index (Phi) is 31.7. The Balaban J connectivity index is 0.000000190. The molecule has 16 nitrogen and oxygen atoms in total.